The Labute approximate surface area is 141 Å². The van der Waals surface area contributed by atoms with E-state index in [0.717, 1.165) is 5.56 Å². The number of nitrogens with zero attached hydrogens (tertiary/aromatic N) is 1. The minimum absolute atomic E-state index is 0.267. The van der Waals surface area contributed by atoms with E-state index in [1.807, 2.05) is 19.1 Å². The van der Waals surface area contributed by atoms with Crippen molar-refractivity contribution >= 4 is 5.91 Å². The summed E-state index contributed by atoms with van der Waals surface area (Å²) in [6.45, 7) is 2.15. The Kier molecular flexibility index (Phi) is 6.35. The predicted molar refractivity (Wildman–Crippen MR) is 90.0 cm³/mol. The molecule has 0 aliphatic carbocycles. The van der Waals surface area contributed by atoms with Gasteiger partial charge in [0.2, 0.25) is 0 Å². The van der Waals surface area contributed by atoms with Crippen LogP contribution in [0.5, 0.6) is 5.75 Å². The summed E-state index contributed by atoms with van der Waals surface area (Å²) < 4.78 is 5.55. The van der Waals surface area contributed by atoms with Gasteiger partial charge in [0.15, 0.2) is 12.2 Å². The van der Waals surface area contributed by atoms with Crippen LogP contribution in [0, 0.1) is 11.3 Å². The number of aliphatic hydroxyl groups excluding tert-OH is 1. The molecule has 0 saturated carbocycles. The Balaban J connectivity index is 1.94. The first kappa shape index (κ1) is 17.5. The summed E-state index contributed by atoms with van der Waals surface area (Å²) in [7, 11) is 0. The third kappa shape index (κ3) is 4.83. The third-order valence-electron chi connectivity index (χ3n) is 3.52. The Morgan fingerprint density at radius 3 is 2.67 bits per heavy atom. The molecule has 0 heterocycles. The quantitative estimate of drug-likeness (QED) is 0.820. The average Bonchev–Trinajstić information content (AvgIpc) is 2.64. The number of carbonyl (C=O) groups excluding carboxylic acids is 1. The second-order valence-corrected chi connectivity index (χ2v) is 5.32. The molecule has 0 bridgehead atoms. The summed E-state index contributed by atoms with van der Waals surface area (Å²) in [5, 5.41) is 21.7. The van der Waals surface area contributed by atoms with Crippen LogP contribution in [-0.4, -0.2) is 17.1 Å². The van der Waals surface area contributed by atoms with Gasteiger partial charge in [-0.15, -0.1) is 0 Å². The number of hydrogen-bond acceptors (Lipinski definition) is 4. The fourth-order valence-electron chi connectivity index (χ4n) is 2.17. The van der Waals surface area contributed by atoms with Gasteiger partial charge in [-0.05, 0) is 29.7 Å². The Bertz CT molecular complexity index is 710. The van der Waals surface area contributed by atoms with E-state index in [1.54, 1.807) is 42.5 Å². The molecule has 0 radical (unpaired) electrons. The summed E-state index contributed by atoms with van der Waals surface area (Å²) in [4.78, 5) is 12.0. The summed E-state index contributed by atoms with van der Waals surface area (Å²) in [5.41, 5.74) is 1.38. The van der Waals surface area contributed by atoms with Gasteiger partial charge in [0, 0.05) is 6.54 Å². The zero-order valence-electron chi connectivity index (χ0n) is 13.5. The molecule has 0 fully saturated rings. The lowest BCUT2D eigenvalue weighted by Gasteiger charge is -2.13. The summed E-state index contributed by atoms with van der Waals surface area (Å²) in [6.07, 6.45) is -1.09. The topological polar surface area (TPSA) is 82.3 Å². The van der Waals surface area contributed by atoms with Crippen molar-refractivity contribution in [3.05, 3.63) is 65.7 Å². The van der Waals surface area contributed by atoms with E-state index in [0.29, 0.717) is 17.7 Å². The van der Waals surface area contributed by atoms with Gasteiger partial charge in [-0.3, -0.25) is 4.79 Å². The van der Waals surface area contributed by atoms with Gasteiger partial charge in [-0.2, -0.15) is 5.26 Å². The Morgan fingerprint density at radius 1 is 1.25 bits per heavy atom. The molecule has 0 saturated heterocycles. The lowest BCUT2D eigenvalue weighted by molar-refractivity contribution is -0.129. The molecule has 0 aromatic heterocycles. The lowest BCUT2D eigenvalue weighted by Crippen LogP contribution is -2.28. The van der Waals surface area contributed by atoms with Crippen molar-refractivity contribution in [3.63, 3.8) is 0 Å². The predicted octanol–water partition coefficient (Wildman–Crippen LogP) is 2.72. The molecular weight excluding hydrogens is 304 g/mol. The molecule has 0 spiro atoms. The van der Waals surface area contributed by atoms with Crippen LogP contribution in [-0.2, 0) is 11.3 Å². The number of amides is 1. The van der Waals surface area contributed by atoms with E-state index >= 15 is 0 Å². The minimum atomic E-state index is -1.20. The van der Waals surface area contributed by atoms with E-state index in [-0.39, 0.29) is 6.54 Å². The molecule has 5 heteroatoms. The molecule has 2 unspecified atom stereocenters. The second-order valence-electron chi connectivity index (χ2n) is 5.32. The van der Waals surface area contributed by atoms with Gasteiger partial charge < -0.3 is 15.2 Å². The van der Waals surface area contributed by atoms with Crippen molar-refractivity contribution in [1.82, 2.24) is 5.32 Å². The number of benzene rings is 2. The SMILES string of the molecule is CCC(C#N)Oc1cccc(CNC(=O)C(O)c2ccccc2)c1. The molecule has 2 aromatic carbocycles. The molecular formula is C19H20N2O3. The number of carbonyl (C=O) groups is 1. The van der Waals surface area contributed by atoms with Crippen LogP contribution in [0.2, 0.25) is 0 Å². The summed E-state index contributed by atoms with van der Waals surface area (Å²) >= 11 is 0. The number of nitriles is 1. The molecule has 24 heavy (non-hydrogen) atoms. The van der Waals surface area contributed by atoms with Gasteiger partial charge in [0.1, 0.15) is 11.8 Å². The molecule has 2 aromatic rings. The fraction of sp³-hybridized carbons (Fsp3) is 0.263. The van der Waals surface area contributed by atoms with Gasteiger partial charge in [-0.1, -0.05) is 49.4 Å². The molecule has 2 atom stereocenters. The van der Waals surface area contributed by atoms with Gasteiger partial charge in [-0.25, -0.2) is 0 Å². The molecule has 2 N–H and O–H groups in total. The smallest absolute Gasteiger partial charge is 0.253 e. The molecule has 0 aliphatic heterocycles. The second kappa shape index (κ2) is 8.70. The first-order chi connectivity index (χ1) is 11.6. The van der Waals surface area contributed by atoms with Gasteiger partial charge >= 0.3 is 0 Å². The van der Waals surface area contributed by atoms with Crippen LogP contribution in [0.4, 0.5) is 0 Å². The monoisotopic (exact) mass is 324 g/mol. The van der Waals surface area contributed by atoms with Crippen molar-refractivity contribution in [1.29, 1.82) is 5.26 Å². The van der Waals surface area contributed by atoms with E-state index in [4.69, 9.17) is 10.00 Å². The van der Waals surface area contributed by atoms with Crippen molar-refractivity contribution in [2.45, 2.75) is 32.1 Å². The Hall–Kier alpha value is -2.84. The highest BCUT2D eigenvalue weighted by molar-refractivity contribution is 5.81. The largest absolute Gasteiger partial charge is 0.476 e. The first-order valence-electron chi connectivity index (χ1n) is 7.80. The zero-order valence-corrected chi connectivity index (χ0v) is 13.5. The number of hydrogen-bond donors (Lipinski definition) is 2. The van der Waals surface area contributed by atoms with Crippen LogP contribution in [0.25, 0.3) is 0 Å². The van der Waals surface area contributed by atoms with E-state index < -0.39 is 18.1 Å². The molecule has 1 amide bonds. The van der Waals surface area contributed by atoms with E-state index in [1.165, 1.54) is 0 Å². The lowest BCUT2D eigenvalue weighted by atomic mass is 10.1. The maximum Gasteiger partial charge on any atom is 0.253 e. The average molecular weight is 324 g/mol. The summed E-state index contributed by atoms with van der Waals surface area (Å²) in [5.74, 6) is 0.120. The minimum Gasteiger partial charge on any atom is -0.476 e. The van der Waals surface area contributed by atoms with Crippen LogP contribution < -0.4 is 10.1 Å². The van der Waals surface area contributed by atoms with Crippen molar-refractivity contribution in [2.75, 3.05) is 0 Å². The Morgan fingerprint density at radius 2 is 2.00 bits per heavy atom. The maximum atomic E-state index is 12.0. The van der Waals surface area contributed by atoms with E-state index in [2.05, 4.69) is 11.4 Å². The maximum absolute atomic E-state index is 12.0. The van der Waals surface area contributed by atoms with Crippen LogP contribution in [0.15, 0.2) is 54.6 Å². The highest BCUT2D eigenvalue weighted by Crippen LogP contribution is 2.17. The molecule has 0 aliphatic rings. The standard InChI is InChI=1S/C19H20N2O3/c1-2-16(12-20)24-17-10-6-7-14(11-17)13-21-19(23)18(22)15-8-4-3-5-9-15/h3-11,16,18,22H,2,13H2,1H3,(H,21,23). The van der Waals surface area contributed by atoms with Crippen LogP contribution in [0.3, 0.4) is 0 Å². The van der Waals surface area contributed by atoms with Crippen molar-refractivity contribution in [3.8, 4) is 11.8 Å². The highest BCUT2D eigenvalue weighted by Gasteiger charge is 2.16. The number of aliphatic hydroxyl groups is 1. The zero-order chi connectivity index (χ0) is 17.4. The van der Waals surface area contributed by atoms with Gasteiger partial charge in [0.25, 0.3) is 5.91 Å². The van der Waals surface area contributed by atoms with E-state index in [9.17, 15) is 9.90 Å². The summed E-state index contributed by atoms with van der Waals surface area (Å²) in [6, 6.07) is 18.0. The normalized spacial score (nSPS) is 12.7. The number of rotatable bonds is 7. The van der Waals surface area contributed by atoms with Crippen LogP contribution in [0.1, 0.15) is 30.6 Å². The number of nitrogens with one attached hydrogen (secondary N) is 1. The van der Waals surface area contributed by atoms with Crippen molar-refractivity contribution in [2.24, 2.45) is 0 Å². The molecule has 5 nitrogen and oxygen atoms in total. The first-order valence-corrected chi connectivity index (χ1v) is 7.80. The number of ether oxygens (including phenoxy) is 1. The molecule has 124 valence electrons. The van der Waals surface area contributed by atoms with Gasteiger partial charge in [0.05, 0.1) is 0 Å². The fourth-order valence-corrected chi connectivity index (χ4v) is 2.17. The third-order valence-corrected chi connectivity index (χ3v) is 3.52. The molecule has 2 rings (SSSR count). The highest BCUT2D eigenvalue weighted by atomic mass is 16.5. The van der Waals surface area contributed by atoms with Crippen LogP contribution >= 0.6 is 0 Å². The van der Waals surface area contributed by atoms with Crippen molar-refractivity contribution < 1.29 is 14.6 Å².